The summed E-state index contributed by atoms with van der Waals surface area (Å²) in [6.45, 7) is 0.451. The molecule has 1 saturated heterocycles. The maximum atomic E-state index is 15.5. The van der Waals surface area contributed by atoms with Gasteiger partial charge in [0.15, 0.2) is 5.67 Å². The molecule has 1 aromatic heterocycles. The number of methoxy groups -OCH3 is 1. The van der Waals surface area contributed by atoms with E-state index in [0.717, 1.165) is 21.9 Å². The number of carbonyl (C=O) groups excluding carboxylic acids is 3. The van der Waals surface area contributed by atoms with E-state index in [1.807, 2.05) is 0 Å². The minimum atomic E-state index is -4.47. The van der Waals surface area contributed by atoms with Crippen molar-refractivity contribution in [1.29, 1.82) is 5.41 Å². The molecule has 3 aromatic rings. The molecule has 3 atom stereocenters. The van der Waals surface area contributed by atoms with Gasteiger partial charge in [0.05, 0.1) is 31.3 Å². The first-order valence-corrected chi connectivity index (χ1v) is 14.5. The van der Waals surface area contributed by atoms with Gasteiger partial charge >= 0.3 is 6.18 Å². The van der Waals surface area contributed by atoms with Crippen molar-refractivity contribution in [3.05, 3.63) is 81.5 Å². The molecule has 240 valence electrons. The van der Waals surface area contributed by atoms with Gasteiger partial charge in [-0.1, -0.05) is 0 Å². The Hall–Kier alpha value is -4.50. The Balaban J connectivity index is 1.36. The predicted molar refractivity (Wildman–Crippen MR) is 158 cm³/mol. The number of likely N-dealkylation sites (tertiary alicyclic amines) is 1. The van der Waals surface area contributed by atoms with Gasteiger partial charge in [0.1, 0.15) is 23.4 Å². The monoisotopic (exact) mass is 649 g/mol. The topological polar surface area (TPSA) is 147 Å². The molecule has 2 heterocycles. The summed E-state index contributed by atoms with van der Waals surface area (Å²) in [4.78, 5) is 40.9. The van der Waals surface area contributed by atoms with E-state index in [-0.39, 0.29) is 35.9 Å². The van der Waals surface area contributed by atoms with Crippen molar-refractivity contribution in [3.63, 3.8) is 0 Å². The van der Waals surface area contributed by atoms with Gasteiger partial charge in [0.2, 0.25) is 11.8 Å². The van der Waals surface area contributed by atoms with Crippen LogP contribution in [0, 0.1) is 5.41 Å². The molecule has 0 unspecified atom stereocenters. The number of rotatable bonds is 11. The number of ether oxygens (including phenoxy) is 2. The third-order valence-electron chi connectivity index (χ3n) is 7.07. The fourth-order valence-corrected chi connectivity index (χ4v) is 5.70. The first-order valence-electron chi connectivity index (χ1n) is 13.6. The van der Waals surface area contributed by atoms with Crippen LogP contribution in [0.3, 0.4) is 0 Å². The minimum Gasteiger partial charge on any atom is -0.457 e. The van der Waals surface area contributed by atoms with Crippen LogP contribution in [0.1, 0.15) is 45.7 Å². The lowest BCUT2D eigenvalue weighted by Crippen LogP contribution is -2.49. The second kappa shape index (κ2) is 13.6. The average molecular weight is 650 g/mol. The van der Waals surface area contributed by atoms with E-state index in [4.69, 9.17) is 20.6 Å². The molecule has 2 aromatic carbocycles. The molecule has 1 aliphatic rings. The van der Waals surface area contributed by atoms with Crippen molar-refractivity contribution in [2.45, 2.75) is 37.3 Å². The van der Waals surface area contributed by atoms with E-state index in [0.29, 0.717) is 5.56 Å². The lowest BCUT2D eigenvalue weighted by molar-refractivity contribution is -0.138. The van der Waals surface area contributed by atoms with Crippen LogP contribution < -0.4 is 21.1 Å². The second-order valence-corrected chi connectivity index (χ2v) is 11.5. The number of thiophene rings is 1. The molecule has 0 spiro atoms. The SMILES string of the molecule is COC[C@@]1(F)C[C@@H](C(=O)N[C@H](C)c2cc(C(=N)N)cs2)N(C(=O)CNC(=O)c2ccc(Oc3ccc(C(F)(F)F)cc3)cc2)C1. The number of nitrogens with zero attached hydrogens (tertiary/aromatic N) is 1. The zero-order valence-electron chi connectivity index (χ0n) is 24.2. The molecule has 10 nitrogen and oxygen atoms in total. The lowest BCUT2D eigenvalue weighted by Gasteiger charge is -2.25. The number of hydrogen-bond acceptors (Lipinski definition) is 7. The fourth-order valence-electron chi connectivity index (χ4n) is 4.78. The zero-order valence-corrected chi connectivity index (χ0v) is 25.1. The molecule has 0 saturated carbocycles. The van der Waals surface area contributed by atoms with Gasteiger partial charge in [0, 0.05) is 34.9 Å². The van der Waals surface area contributed by atoms with Crippen molar-refractivity contribution in [2.75, 3.05) is 26.8 Å². The highest BCUT2D eigenvalue weighted by molar-refractivity contribution is 7.10. The molecule has 4 rings (SSSR count). The summed E-state index contributed by atoms with van der Waals surface area (Å²) in [7, 11) is 1.31. The van der Waals surface area contributed by atoms with Crippen molar-refractivity contribution in [2.24, 2.45) is 5.73 Å². The highest BCUT2D eigenvalue weighted by atomic mass is 32.1. The third-order valence-corrected chi connectivity index (χ3v) is 8.18. The third kappa shape index (κ3) is 8.36. The highest BCUT2D eigenvalue weighted by Gasteiger charge is 2.49. The number of nitrogens with two attached hydrogens (primary N) is 1. The molecule has 5 N–H and O–H groups in total. The van der Waals surface area contributed by atoms with E-state index in [9.17, 15) is 27.6 Å². The Morgan fingerprint density at radius 2 is 1.73 bits per heavy atom. The van der Waals surface area contributed by atoms with Gasteiger partial charge in [-0.3, -0.25) is 19.8 Å². The number of halogens is 4. The molecule has 0 radical (unpaired) electrons. The summed E-state index contributed by atoms with van der Waals surface area (Å²) in [5.74, 6) is -1.57. The predicted octanol–water partition coefficient (Wildman–Crippen LogP) is 4.41. The highest BCUT2D eigenvalue weighted by Crippen LogP contribution is 2.33. The van der Waals surface area contributed by atoms with Crippen LogP contribution in [0.4, 0.5) is 17.6 Å². The van der Waals surface area contributed by atoms with Crippen LogP contribution >= 0.6 is 11.3 Å². The number of alkyl halides is 4. The van der Waals surface area contributed by atoms with Gasteiger partial charge in [-0.25, -0.2) is 4.39 Å². The van der Waals surface area contributed by atoms with Crippen LogP contribution in [0.25, 0.3) is 0 Å². The van der Waals surface area contributed by atoms with Crippen LogP contribution in [0.5, 0.6) is 11.5 Å². The minimum absolute atomic E-state index is 0.116. The molecule has 3 amide bonds. The van der Waals surface area contributed by atoms with Crippen molar-refractivity contribution in [1.82, 2.24) is 15.5 Å². The Labute approximate surface area is 260 Å². The molecule has 1 fully saturated rings. The van der Waals surface area contributed by atoms with E-state index in [1.54, 1.807) is 18.4 Å². The summed E-state index contributed by atoms with van der Waals surface area (Å²) < 4.78 is 64.3. The largest absolute Gasteiger partial charge is 0.457 e. The normalized spacial score (nSPS) is 18.7. The number of carbonyl (C=O) groups is 3. The first-order chi connectivity index (χ1) is 21.2. The maximum Gasteiger partial charge on any atom is 0.416 e. The van der Waals surface area contributed by atoms with E-state index in [2.05, 4.69) is 10.6 Å². The number of amidine groups is 1. The second-order valence-electron chi connectivity index (χ2n) is 10.5. The number of benzene rings is 2. The van der Waals surface area contributed by atoms with Gasteiger partial charge in [-0.15, -0.1) is 11.3 Å². The molecule has 0 aliphatic carbocycles. The first kappa shape index (κ1) is 33.4. The smallest absolute Gasteiger partial charge is 0.416 e. The number of nitrogen functional groups attached to an aromatic ring is 1. The van der Waals surface area contributed by atoms with Gasteiger partial charge < -0.3 is 30.7 Å². The molecule has 45 heavy (non-hydrogen) atoms. The summed E-state index contributed by atoms with van der Waals surface area (Å²) in [6.07, 6.45) is -4.77. The Morgan fingerprint density at radius 1 is 1.11 bits per heavy atom. The molecule has 1 aliphatic heterocycles. The average Bonchev–Trinajstić information content (AvgIpc) is 3.62. The summed E-state index contributed by atoms with van der Waals surface area (Å²) in [5.41, 5.74) is 3.39. The van der Waals surface area contributed by atoms with E-state index in [1.165, 1.54) is 54.8 Å². The maximum absolute atomic E-state index is 15.5. The van der Waals surface area contributed by atoms with E-state index >= 15 is 4.39 Å². The summed E-state index contributed by atoms with van der Waals surface area (Å²) in [6, 6.07) is 9.81. The molecular formula is C30H31F4N5O5S. The molecular weight excluding hydrogens is 618 g/mol. The standard InChI is InChI=1S/C30H31F4N5O5S/c1-17(24-11-19(14-45-24)26(35)36)38-28(42)23-12-29(31,16-43-2)15-39(23)25(40)13-37-27(41)18-3-7-21(8-4-18)44-22-9-5-20(6-10-22)30(32,33)34/h3-11,14,17,23H,12-13,15-16H2,1-2H3,(H3,35,36)(H,37,41)(H,38,42)/t17-,23+,29-/m1/s1. The van der Waals surface area contributed by atoms with Crippen LogP contribution in [0.2, 0.25) is 0 Å². The van der Waals surface area contributed by atoms with Gasteiger partial charge in [-0.05, 0) is 61.5 Å². The number of nitrogens with one attached hydrogen (secondary N) is 3. The summed E-state index contributed by atoms with van der Waals surface area (Å²) >= 11 is 1.29. The quantitative estimate of drug-likeness (QED) is 0.138. The van der Waals surface area contributed by atoms with Gasteiger partial charge in [-0.2, -0.15) is 13.2 Å². The Morgan fingerprint density at radius 3 is 2.29 bits per heavy atom. The molecule has 15 heteroatoms. The van der Waals surface area contributed by atoms with Crippen molar-refractivity contribution < 1.29 is 41.4 Å². The van der Waals surface area contributed by atoms with Crippen LogP contribution in [-0.2, 0) is 20.5 Å². The summed E-state index contributed by atoms with van der Waals surface area (Å²) in [5, 5.41) is 14.5. The van der Waals surface area contributed by atoms with Crippen molar-refractivity contribution in [3.8, 4) is 11.5 Å². The van der Waals surface area contributed by atoms with Crippen LogP contribution in [-0.4, -0.2) is 67.0 Å². The van der Waals surface area contributed by atoms with Crippen LogP contribution in [0.15, 0.2) is 60.0 Å². The Kier molecular flexibility index (Phi) is 10.1. The van der Waals surface area contributed by atoms with Gasteiger partial charge in [0.25, 0.3) is 5.91 Å². The van der Waals surface area contributed by atoms with Crippen molar-refractivity contribution >= 4 is 34.9 Å². The number of amides is 3. The fraction of sp³-hybridized carbons (Fsp3) is 0.333. The number of hydrogen-bond donors (Lipinski definition) is 4. The lowest BCUT2D eigenvalue weighted by atomic mass is 10.0. The zero-order chi connectivity index (χ0) is 32.9. The Bertz CT molecular complexity index is 1550. The molecule has 0 bridgehead atoms. The van der Waals surface area contributed by atoms with E-state index < -0.39 is 60.3 Å².